The lowest BCUT2D eigenvalue weighted by Gasteiger charge is -2.34. The average molecular weight is 191 g/mol. The van der Waals surface area contributed by atoms with Crippen molar-refractivity contribution < 1.29 is 24.9 Å². The third kappa shape index (κ3) is 1.87. The first-order valence-corrected chi connectivity index (χ1v) is 3.95. The number of carbonyl (C=O) groups excluding carboxylic acids is 1. The summed E-state index contributed by atoms with van der Waals surface area (Å²) < 4.78 is 4.79. The molecule has 0 aromatic carbocycles. The standard InChI is InChI=1S/C7H13NO5/c1-8-4-6(11)5(10)3(2-9)13-7(4)12/h3-5,7-10,12H,2H2,1H3. The van der Waals surface area contributed by atoms with E-state index in [1.165, 1.54) is 7.05 Å². The minimum absolute atomic E-state index is 0.500. The zero-order valence-electron chi connectivity index (χ0n) is 7.17. The number of carbonyl (C=O) groups is 1. The lowest BCUT2D eigenvalue weighted by atomic mass is 9.99. The summed E-state index contributed by atoms with van der Waals surface area (Å²) in [4.78, 5) is 11.3. The number of hydrogen-bond donors (Lipinski definition) is 4. The molecule has 0 amide bonds. The Hall–Kier alpha value is -0.530. The maximum Gasteiger partial charge on any atom is 0.186 e. The molecule has 6 nitrogen and oxygen atoms in total. The summed E-state index contributed by atoms with van der Waals surface area (Å²) in [6.07, 6.45) is -3.74. The number of aliphatic hydroxyl groups is 3. The monoisotopic (exact) mass is 191 g/mol. The third-order valence-electron chi connectivity index (χ3n) is 2.04. The number of ether oxygens (including phenoxy) is 1. The summed E-state index contributed by atoms with van der Waals surface area (Å²) in [5.74, 6) is -0.569. The van der Waals surface area contributed by atoms with Crippen LogP contribution in [0.25, 0.3) is 0 Å². The highest BCUT2D eigenvalue weighted by atomic mass is 16.6. The van der Waals surface area contributed by atoms with Crippen molar-refractivity contribution in [3.05, 3.63) is 0 Å². The molecule has 1 aliphatic heterocycles. The van der Waals surface area contributed by atoms with Gasteiger partial charge in [-0.05, 0) is 7.05 Å². The molecule has 4 atom stereocenters. The van der Waals surface area contributed by atoms with Crippen LogP contribution in [0.5, 0.6) is 0 Å². The highest BCUT2D eigenvalue weighted by molar-refractivity contribution is 5.89. The molecule has 0 bridgehead atoms. The van der Waals surface area contributed by atoms with Crippen LogP contribution in [0.4, 0.5) is 0 Å². The predicted molar refractivity (Wildman–Crippen MR) is 41.8 cm³/mol. The van der Waals surface area contributed by atoms with E-state index in [4.69, 9.17) is 9.84 Å². The minimum atomic E-state index is -1.38. The lowest BCUT2D eigenvalue weighted by Crippen LogP contribution is -2.60. The Balaban J connectivity index is 2.72. The molecule has 76 valence electrons. The molecular formula is C7H13NO5. The molecule has 0 saturated carbocycles. The fourth-order valence-corrected chi connectivity index (χ4v) is 1.27. The molecule has 1 rings (SSSR count). The van der Waals surface area contributed by atoms with Gasteiger partial charge in [-0.1, -0.05) is 0 Å². The number of hydrogen-bond acceptors (Lipinski definition) is 6. The molecule has 0 aliphatic carbocycles. The molecule has 1 saturated heterocycles. The molecule has 4 N–H and O–H groups in total. The van der Waals surface area contributed by atoms with Crippen LogP contribution < -0.4 is 5.32 Å². The summed E-state index contributed by atoms with van der Waals surface area (Å²) >= 11 is 0. The van der Waals surface area contributed by atoms with Crippen molar-refractivity contribution in [3.63, 3.8) is 0 Å². The zero-order chi connectivity index (χ0) is 10.0. The maximum atomic E-state index is 11.3. The van der Waals surface area contributed by atoms with Crippen LogP contribution in [0.1, 0.15) is 0 Å². The van der Waals surface area contributed by atoms with Gasteiger partial charge >= 0.3 is 0 Å². The van der Waals surface area contributed by atoms with Gasteiger partial charge in [0.2, 0.25) is 0 Å². The van der Waals surface area contributed by atoms with Gasteiger partial charge in [-0.2, -0.15) is 0 Å². The molecule has 1 aliphatic rings. The van der Waals surface area contributed by atoms with Crippen LogP contribution in [0.2, 0.25) is 0 Å². The van der Waals surface area contributed by atoms with Gasteiger partial charge in [0, 0.05) is 0 Å². The van der Waals surface area contributed by atoms with Crippen molar-refractivity contribution in [2.24, 2.45) is 0 Å². The van der Waals surface area contributed by atoms with Gasteiger partial charge < -0.3 is 25.4 Å². The van der Waals surface area contributed by atoms with Crippen molar-refractivity contribution in [2.75, 3.05) is 13.7 Å². The SMILES string of the molecule is CNC1C(=O)C(O)C(CO)OC1O. The second-order valence-electron chi connectivity index (χ2n) is 2.86. The second kappa shape index (κ2) is 4.12. The Kier molecular flexibility index (Phi) is 3.34. The molecule has 6 heteroatoms. The van der Waals surface area contributed by atoms with E-state index in [1.54, 1.807) is 0 Å². The maximum absolute atomic E-state index is 11.3. The van der Waals surface area contributed by atoms with Crippen molar-refractivity contribution in [3.8, 4) is 0 Å². The number of ketones is 1. The first kappa shape index (κ1) is 10.6. The summed E-state index contributed by atoms with van der Waals surface area (Å²) in [6, 6.07) is -0.933. The smallest absolute Gasteiger partial charge is 0.186 e. The summed E-state index contributed by atoms with van der Waals surface area (Å²) in [6.45, 7) is -0.500. The van der Waals surface area contributed by atoms with Crippen LogP contribution in [0, 0.1) is 0 Å². The normalized spacial score (nSPS) is 40.8. The highest BCUT2D eigenvalue weighted by Crippen LogP contribution is 2.15. The van der Waals surface area contributed by atoms with Crippen molar-refractivity contribution in [1.82, 2.24) is 5.32 Å². The Labute approximate surface area is 75.1 Å². The molecule has 1 heterocycles. The average Bonchev–Trinajstić information content (AvgIpc) is 2.12. The number of nitrogens with one attached hydrogen (secondary N) is 1. The van der Waals surface area contributed by atoms with Crippen molar-refractivity contribution in [2.45, 2.75) is 24.5 Å². The number of aliphatic hydroxyl groups excluding tert-OH is 3. The van der Waals surface area contributed by atoms with Crippen LogP contribution in [-0.2, 0) is 9.53 Å². The van der Waals surface area contributed by atoms with E-state index in [0.717, 1.165) is 0 Å². The number of likely N-dealkylation sites (N-methyl/N-ethyl adjacent to an activating group) is 1. The van der Waals surface area contributed by atoms with Crippen LogP contribution >= 0.6 is 0 Å². The predicted octanol–water partition coefficient (Wildman–Crippen LogP) is -2.79. The Morgan fingerprint density at radius 3 is 2.62 bits per heavy atom. The minimum Gasteiger partial charge on any atom is -0.394 e. The fourth-order valence-electron chi connectivity index (χ4n) is 1.27. The molecular weight excluding hydrogens is 178 g/mol. The Bertz CT molecular complexity index is 197. The first-order valence-electron chi connectivity index (χ1n) is 3.95. The molecule has 0 aromatic rings. The van der Waals surface area contributed by atoms with Gasteiger partial charge in [0.05, 0.1) is 6.61 Å². The zero-order valence-corrected chi connectivity index (χ0v) is 7.17. The van der Waals surface area contributed by atoms with Gasteiger partial charge in [-0.25, -0.2) is 0 Å². The molecule has 4 unspecified atom stereocenters. The van der Waals surface area contributed by atoms with Gasteiger partial charge in [-0.3, -0.25) is 4.79 Å². The molecule has 0 aromatic heterocycles. The van der Waals surface area contributed by atoms with E-state index in [9.17, 15) is 15.0 Å². The van der Waals surface area contributed by atoms with E-state index in [-0.39, 0.29) is 0 Å². The van der Waals surface area contributed by atoms with Crippen molar-refractivity contribution >= 4 is 5.78 Å². The van der Waals surface area contributed by atoms with Gasteiger partial charge in [0.15, 0.2) is 12.1 Å². The van der Waals surface area contributed by atoms with E-state index in [0.29, 0.717) is 0 Å². The van der Waals surface area contributed by atoms with Crippen LogP contribution in [-0.4, -0.2) is 59.3 Å². The lowest BCUT2D eigenvalue weighted by molar-refractivity contribution is -0.214. The Morgan fingerprint density at radius 1 is 1.54 bits per heavy atom. The van der Waals surface area contributed by atoms with Gasteiger partial charge in [0.1, 0.15) is 18.2 Å². The molecule has 0 radical (unpaired) electrons. The third-order valence-corrected chi connectivity index (χ3v) is 2.04. The van der Waals surface area contributed by atoms with Crippen LogP contribution in [0.3, 0.4) is 0 Å². The quantitative estimate of drug-likeness (QED) is 0.376. The summed E-state index contributed by atoms with van der Waals surface area (Å²) in [5.41, 5.74) is 0. The van der Waals surface area contributed by atoms with E-state index >= 15 is 0 Å². The number of rotatable bonds is 2. The largest absolute Gasteiger partial charge is 0.394 e. The molecule has 1 fully saturated rings. The van der Waals surface area contributed by atoms with Crippen molar-refractivity contribution in [1.29, 1.82) is 0 Å². The van der Waals surface area contributed by atoms with E-state index in [2.05, 4.69) is 5.32 Å². The topological polar surface area (TPSA) is 99.0 Å². The summed E-state index contributed by atoms with van der Waals surface area (Å²) in [7, 11) is 1.47. The first-order chi connectivity index (χ1) is 6.11. The van der Waals surface area contributed by atoms with E-state index in [1.807, 2.05) is 0 Å². The molecule has 13 heavy (non-hydrogen) atoms. The fraction of sp³-hybridized carbons (Fsp3) is 0.857. The van der Waals surface area contributed by atoms with Gasteiger partial charge in [0.25, 0.3) is 0 Å². The number of Topliss-reactive ketones (excluding diaryl/α,β-unsaturated/α-hetero) is 1. The second-order valence-corrected chi connectivity index (χ2v) is 2.86. The summed E-state index contributed by atoms with van der Waals surface area (Å²) in [5, 5.41) is 29.7. The van der Waals surface area contributed by atoms with Gasteiger partial charge in [-0.15, -0.1) is 0 Å². The van der Waals surface area contributed by atoms with Crippen LogP contribution in [0.15, 0.2) is 0 Å². The molecule has 0 spiro atoms. The van der Waals surface area contributed by atoms with E-state index < -0.39 is 36.9 Å². The highest BCUT2D eigenvalue weighted by Gasteiger charge is 2.42. The Morgan fingerprint density at radius 2 is 2.15 bits per heavy atom.